The molecule has 0 aliphatic rings. The highest BCUT2D eigenvalue weighted by Gasteiger charge is 2.15. The zero-order valence-electron chi connectivity index (χ0n) is 13.1. The number of nitrogens with one attached hydrogen (secondary N) is 1. The van der Waals surface area contributed by atoms with Crippen LogP contribution < -0.4 is 5.32 Å². The van der Waals surface area contributed by atoms with Crippen LogP contribution in [0.3, 0.4) is 0 Å². The Hall–Kier alpha value is -1.88. The van der Waals surface area contributed by atoms with Gasteiger partial charge in [-0.3, -0.25) is 0 Å². The number of aryl methyl sites for hydroxylation is 1. The van der Waals surface area contributed by atoms with E-state index >= 15 is 0 Å². The van der Waals surface area contributed by atoms with E-state index in [1.807, 2.05) is 25.1 Å². The van der Waals surface area contributed by atoms with Gasteiger partial charge in [0.15, 0.2) is 0 Å². The van der Waals surface area contributed by atoms with E-state index in [1.165, 1.54) is 12.1 Å². The topological polar surface area (TPSA) is 29.9 Å². The van der Waals surface area contributed by atoms with Crippen molar-refractivity contribution in [3.63, 3.8) is 0 Å². The van der Waals surface area contributed by atoms with Gasteiger partial charge in [0.2, 0.25) is 0 Å². The van der Waals surface area contributed by atoms with Gasteiger partial charge in [-0.2, -0.15) is 5.10 Å². The summed E-state index contributed by atoms with van der Waals surface area (Å²) in [5, 5.41) is 8.92. The lowest BCUT2D eigenvalue weighted by Crippen LogP contribution is -2.13. The van der Waals surface area contributed by atoms with Crippen molar-refractivity contribution in [2.45, 2.75) is 20.0 Å². The number of hydrogen-bond acceptors (Lipinski definition) is 2. The predicted molar refractivity (Wildman–Crippen MR) is 95.3 cm³/mol. The lowest BCUT2D eigenvalue weighted by atomic mass is 10.2. The normalized spacial score (nSPS) is 11.0. The second-order valence-corrected chi connectivity index (χ2v) is 6.21. The summed E-state index contributed by atoms with van der Waals surface area (Å²) in [6, 6.07) is 13.8. The van der Waals surface area contributed by atoms with Crippen LogP contribution in [0.15, 0.2) is 48.5 Å². The second kappa shape index (κ2) is 7.34. The molecule has 0 aliphatic heterocycles. The van der Waals surface area contributed by atoms with E-state index in [9.17, 15) is 4.39 Å². The molecule has 0 radical (unpaired) electrons. The van der Waals surface area contributed by atoms with Crippen LogP contribution in [0, 0.1) is 12.7 Å². The van der Waals surface area contributed by atoms with Crippen molar-refractivity contribution in [3.05, 3.63) is 81.3 Å². The van der Waals surface area contributed by atoms with E-state index < -0.39 is 0 Å². The Morgan fingerprint density at radius 3 is 2.46 bits per heavy atom. The molecule has 3 rings (SSSR count). The van der Waals surface area contributed by atoms with Crippen LogP contribution in [-0.2, 0) is 13.1 Å². The first-order valence-corrected chi connectivity index (χ1v) is 8.26. The molecule has 3 aromatic rings. The summed E-state index contributed by atoms with van der Waals surface area (Å²) in [5.41, 5.74) is 3.51. The fourth-order valence-electron chi connectivity index (χ4n) is 2.45. The molecule has 0 amide bonds. The maximum atomic E-state index is 12.9. The standard InChI is InChI=1S/C18H16Cl2FN3/c1-12-15(11-22-10-13-6-8-14(21)9-7-13)18(20)24(23-12)17-5-3-2-4-16(17)19/h2-9,22H,10-11H2,1H3. The first-order valence-electron chi connectivity index (χ1n) is 7.50. The van der Waals surface area contributed by atoms with E-state index in [2.05, 4.69) is 10.4 Å². The maximum Gasteiger partial charge on any atom is 0.137 e. The smallest absolute Gasteiger partial charge is 0.137 e. The second-order valence-electron chi connectivity index (χ2n) is 5.45. The first kappa shape index (κ1) is 17.0. The number of halogens is 3. The number of benzene rings is 2. The molecule has 0 atom stereocenters. The monoisotopic (exact) mass is 363 g/mol. The van der Waals surface area contributed by atoms with Crippen LogP contribution in [0.2, 0.25) is 10.2 Å². The van der Waals surface area contributed by atoms with Crippen molar-refractivity contribution in [1.82, 2.24) is 15.1 Å². The molecule has 24 heavy (non-hydrogen) atoms. The third kappa shape index (κ3) is 3.61. The van der Waals surface area contributed by atoms with Gasteiger partial charge in [0.25, 0.3) is 0 Å². The molecular weight excluding hydrogens is 348 g/mol. The minimum absolute atomic E-state index is 0.237. The molecule has 0 saturated heterocycles. The van der Waals surface area contributed by atoms with Gasteiger partial charge in [-0.05, 0) is 36.8 Å². The van der Waals surface area contributed by atoms with E-state index in [-0.39, 0.29) is 5.82 Å². The number of hydrogen-bond donors (Lipinski definition) is 1. The van der Waals surface area contributed by atoms with Gasteiger partial charge >= 0.3 is 0 Å². The molecule has 0 spiro atoms. The van der Waals surface area contributed by atoms with Crippen LogP contribution in [0.25, 0.3) is 5.69 Å². The summed E-state index contributed by atoms with van der Waals surface area (Å²) >= 11 is 12.7. The minimum atomic E-state index is -0.237. The van der Waals surface area contributed by atoms with Crippen LogP contribution in [0.5, 0.6) is 0 Å². The molecule has 3 nitrogen and oxygen atoms in total. The average Bonchev–Trinajstić information content (AvgIpc) is 2.85. The van der Waals surface area contributed by atoms with Crippen molar-refractivity contribution in [1.29, 1.82) is 0 Å². The van der Waals surface area contributed by atoms with Gasteiger partial charge in [0, 0.05) is 18.7 Å². The maximum absolute atomic E-state index is 12.9. The highest BCUT2D eigenvalue weighted by molar-refractivity contribution is 6.33. The van der Waals surface area contributed by atoms with E-state index in [1.54, 1.807) is 22.9 Å². The Morgan fingerprint density at radius 2 is 1.75 bits per heavy atom. The Balaban J connectivity index is 1.75. The van der Waals surface area contributed by atoms with Gasteiger partial charge in [-0.25, -0.2) is 9.07 Å². The van der Waals surface area contributed by atoms with Crippen molar-refractivity contribution < 1.29 is 4.39 Å². The van der Waals surface area contributed by atoms with Crippen LogP contribution in [0.1, 0.15) is 16.8 Å². The lowest BCUT2D eigenvalue weighted by Gasteiger charge is -2.07. The molecule has 0 fully saturated rings. The summed E-state index contributed by atoms with van der Waals surface area (Å²) in [6.45, 7) is 3.09. The summed E-state index contributed by atoms with van der Waals surface area (Å²) in [4.78, 5) is 0. The van der Waals surface area contributed by atoms with Crippen LogP contribution >= 0.6 is 23.2 Å². The highest BCUT2D eigenvalue weighted by atomic mass is 35.5. The zero-order valence-corrected chi connectivity index (χ0v) is 14.6. The van der Waals surface area contributed by atoms with Crippen molar-refractivity contribution in [2.75, 3.05) is 0 Å². The molecule has 2 aromatic carbocycles. The van der Waals surface area contributed by atoms with Crippen molar-refractivity contribution in [2.24, 2.45) is 0 Å². The largest absolute Gasteiger partial charge is 0.308 e. The lowest BCUT2D eigenvalue weighted by molar-refractivity contribution is 0.625. The number of aromatic nitrogens is 2. The van der Waals surface area contributed by atoms with E-state index in [0.29, 0.717) is 23.3 Å². The summed E-state index contributed by atoms with van der Waals surface area (Å²) in [5.74, 6) is -0.237. The number of nitrogens with zero attached hydrogens (tertiary/aromatic N) is 2. The van der Waals surface area contributed by atoms with Crippen molar-refractivity contribution >= 4 is 23.2 Å². The first-order chi connectivity index (χ1) is 11.6. The Bertz CT molecular complexity index is 844. The summed E-state index contributed by atoms with van der Waals surface area (Å²) < 4.78 is 14.6. The zero-order chi connectivity index (χ0) is 17.1. The third-order valence-corrected chi connectivity index (χ3v) is 4.45. The summed E-state index contributed by atoms with van der Waals surface area (Å²) in [7, 11) is 0. The highest BCUT2D eigenvalue weighted by Crippen LogP contribution is 2.27. The van der Waals surface area contributed by atoms with E-state index in [4.69, 9.17) is 23.2 Å². The molecule has 0 aliphatic carbocycles. The van der Waals surface area contributed by atoms with Gasteiger partial charge < -0.3 is 5.32 Å². The van der Waals surface area contributed by atoms with Gasteiger partial charge in [0.1, 0.15) is 11.0 Å². The fraction of sp³-hybridized carbons (Fsp3) is 0.167. The van der Waals surface area contributed by atoms with Crippen LogP contribution in [-0.4, -0.2) is 9.78 Å². The molecule has 0 bridgehead atoms. The third-order valence-electron chi connectivity index (χ3n) is 3.75. The molecule has 0 saturated carbocycles. The number of rotatable bonds is 5. The fourth-order valence-corrected chi connectivity index (χ4v) is 3.00. The Morgan fingerprint density at radius 1 is 1.04 bits per heavy atom. The molecule has 0 unspecified atom stereocenters. The number of para-hydroxylation sites is 1. The predicted octanol–water partition coefficient (Wildman–Crippen LogP) is 4.92. The Labute approximate surface area is 150 Å². The van der Waals surface area contributed by atoms with Crippen molar-refractivity contribution in [3.8, 4) is 5.69 Å². The molecule has 6 heteroatoms. The molecule has 1 N–H and O–H groups in total. The summed E-state index contributed by atoms with van der Waals surface area (Å²) in [6.07, 6.45) is 0. The molecule has 1 aromatic heterocycles. The van der Waals surface area contributed by atoms with Gasteiger partial charge in [-0.15, -0.1) is 0 Å². The van der Waals surface area contributed by atoms with Crippen LogP contribution in [0.4, 0.5) is 4.39 Å². The SMILES string of the molecule is Cc1nn(-c2ccccc2Cl)c(Cl)c1CNCc1ccc(F)cc1. The molecular formula is C18H16Cl2FN3. The Kier molecular flexibility index (Phi) is 5.19. The average molecular weight is 364 g/mol. The van der Waals surface area contributed by atoms with E-state index in [0.717, 1.165) is 22.5 Å². The molecule has 124 valence electrons. The van der Waals surface area contributed by atoms with Gasteiger partial charge in [0.05, 0.1) is 16.4 Å². The van der Waals surface area contributed by atoms with Gasteiger partial charge in [-0.1, -0.05) is 47.5 Å². The minimum Gasteiger partial charge on any atom is -0.308 e. The quantitative estimate of drug-likeness (QED) is 0.697. The molecule has 1 heterocycles.